The summed E-state index contributed by atoms with van der Waals surface area (Å²) in [5.74, 6) is 0. The molecule has 0 bridgehead atoms. The van der Waals surface area contributed by atoms with Crippen LogP contribution in [0, 0.1) is 0 Å². The summed E-state index contributed by atoms with van der Waals surface area (Å²) in [5.41, 5.74) is 1.74. The summed E-state index contributed by atoms with van der Waals surface area (Å²) in [6.45, 7) is 3.50. The summed E-state index contributed by atoms with van der Waals surface area (Å²) in [6.07, 6.45) is 1.95. The largest absolute Gasteiger partial charge is 0.357 e. The smallest absolute Gasteiger partial charge is 0.171 e. The van der Waals surface area contributed by atoms with E-state index in [2.05, 4.69) is 15.7 Å². The van der Waals surface area contributed by atoms with Gasteiger partial charge in [0.15, 0.2) is 5.11 Å². The van der Waals surface area contributed by atoms with Crippen LogP contribution in [0.15, 0.2) is 36.5 Å². The second-order valence-corrected chi connectivity index (χ2v) is 4.77. The van der Waals surface area contributed by atoms with E-state index in [9.17, 15) is 0 Å². The SMILES string of the molecule is CCn1ccc(CNC(=S)Nc2ccccc2Cl)n1. The van der Waals surface area contributed by atoms with Gasteiger partial charge in [0, 0.05) is 12.7 Å². The predicted molar refractivity (Wildman–Crippen MR) is 82.4 cm³/mol. The monoisotopic (exact) mass is 294 g/mol. The molecule has 0 saturated heterocycles. The third-order valence-electron chi connectivity index (χ3n) is 2.57. The lowest BCUT2D eigenvalue weighted by molar-refractivity contribution is 0.643. The number of nitrogens with one attached hydrogen (secondary N) is 2. The minimum absolute atomic E-state index is 0.527. The van der Waals surface area contributed by atoms with E-state index >= 15 is 0 Å². The van der Waals surface area contributed by atoms with Gasteiger partial charge in [0.25, 0.3) is 0 Å². The molecule has 19 heavy (non-hydrogen) atoms. The van der Waals surface area contributed by atoms with E-state index in [1.54, 1.807) is 0 Å². The molecular formula is C13H15ClN4S. The van der Waals surface area contributed by atoms with E-state index < -0.39 is 0 Å². The van der Waals surface area contributed by atoms with E-state index in [0.717, 1.165) is 17.9 Å². The molecule has 0 unspecified atom stereocenters. The van der Waals surface area contributed by atoms with Crippen LogP contribution in [0.3, 0.4) is 0 Å². The first-order valence-electron chi connectivity index (χ1n) is 6.00. The molecule has 1 aromatic carbocycles. The van der Waals surface area contributed by atoms with Crippen LogP contribution in [-0.4, -0.2) is 14.9 Å². The minimum atomic E-state index is 0.527. The topological polar surface area (TPSA) is 41.9 Å². The highest BCUT2D eigenvalue weighted by Crippen LogP contribution is 2.20. The molecule has 6 heteroatoms. The fourth-order valence-corrected chi connectivity index (χ4v) is 1.94. The van der Waals surface area contributed by atoms with Crippen molar-refractivity contribution >= 4 is 34.6 Å². The maximum Gasteiger partial charge on any atom is 0.171 e. The van der Waals surface area contributed by atoms with Gasteiger partial charge in [0.2, 0.25) is 0 Å². The van der Waals surface area contributed by atoms with E-state index in [1.807, 2.05) is 48.1 Å². The van der Waals surface area contributed by atoms with Crippen molar-refractivity contribution in [3.63, 3.8) is 0 Å². The molecule has 0 atom stereocenters. The fourth-order valence-electron chi connectivity index (χ4n) is 1.57. The van der Waals surface area contributed by atoms with Crippen LogP contribution in [0.4, 0.5) is 5.69 Å². The Hall–Kier alpha value is -1.59. The number of nitrogens with zero attached hydrogens (tertiary/aromatic N) is 2. The quantitative estimate of drug-likeness (QED) is 0.851. The van der Waals surface area contributed by atoms with Crippen LogP contribution in [0.25, 0.3) is 0 Å². The van der Waals surface area contributed by atoms with Crippen LogP contribution in [0.5, 0.6) is 0 Å². The molecule has 0 aliphatic rings. The summed E-state index contributed by atoms with van der Waals surface area (Å²) >= 11 is 11.3. The van der Waals surface area contributed by atoms with Crippen molar-refractivity contribution in [2.45, 2.75) is 20.0 Å². The second-order valence-electron chi connectivity index (χ2n) is 3.95. The summed E-state index contributed by atoms with van der Waals surface area (Å²) in [4.78, 5) is 0. The number of thiocarbonyl (C=S) groups is 1. The Morgan fingerprint density at radius 1 is 1.37 bits per heavy atom. The molecule has 0 fully saturated rings. The zero-order chi connectivity index (χ0) is 13.7. The highest BCUT2D eigenvalue weighted by molar-refractivity contribution is 7.80. The molecule has 0 amide bonds. The number of anilines is 1. The summed E-state index contributed by atoms with van der Waals surface area (Å²) < 4.78 is 1.88. The number of benzene rings is 1. The summed E-state index contributed by atoms with van der Waals surface area (Å²) in [6, 6.07) is 9.44. The van der Waals surface area contributed by atoms with Gasteiger partial charge in [-0.05, 0) is 37.3 Å². The van der Waals surface area contributed by atoms with E-state index in [1.165, 1.54) is 0 Å². The Kier molecular flexibility index (Phi) is 4.76. The fraction of sp³-hybridized carbons (Fsp3) is 0.231. The van der Waals surface area contributed by atoms with Crippen molar-refractivity contribution in [2.75, 3.05) is 5.32 Å². The van der Waals surface area contributed by atoms with Crippen LogP contribution < -0.4 is 10.6 Å². The lowest BCUT2D eigenvalue weighted by Gasteiger charge is -2.10. The number of halogens is 1. The number of hydrogen-bond acceptors (Lipinski definition) is 2. The molecule has 0 aliphatic heterocycles. The molecule has 100 valence electrons. The highest BCUT2D eigenvalue weighted by Gasteiger charge is 2.03. The molecular weight excluding hydrogens is 280 g/mol. The first-order chi connectivity index (χ1) is 9.19. The normalized spacial score (nSPS) is 10.2. The van der Waals surface area contributed by atoms with E-state index in [4.69, 9.17) is 23.8 Å². The molecule has 0 spiro atoms. The van der Waals surface area contributed by atoms with Crippen LogP contribution >= 0.6 is 23.8 Å². The maximum atomic E-state index is 6.04. The third-order valence-corrected chi connectivity index (χ3v) is 3.15. The number of rotatable bonds is 4. The molecule has 4 nitrogen and oxygen atoms in total. The molecule has 1 aromatic heterocycles. The van der Waals surface area contributed by atoms with Crippen LogP contribution in [-0.2, 0) is 13.1 Å². The summed E-state index contributed by atoms with van der Waals surface area (Å²) in [5, 5.41) is 11.7. The van der Waals surface area contributed by atoms with Gasteiger partial charge in [-0.15, -0.1) is 0 Å². The van der Waals surface area contributed by atoms with Gasteiger partial charge in [-0.3, -0.25) is 4.68 Å². The molecule has 0 radical (unpaired) electrons. The van der Waals surface area contributed by atoms with Crippen LogP contribution in [0.2, 0.25) is 5.02 Å². The second kappa shape index (κ2) is 6.54. The lowest BCUT2D eigenvalue weighted by atomic mass is 10.3. The minimum Gasteiger partial charge on any atom is -0.357 e. The zero-order valence-corrected chi connectivity index (χ0v) is 12.1. The molecule has 2 N–H and O–H groups in total. The average molecular weight is 295 g/mol. The number of para-hydroxylation sites is 1. The van der Waals surface area contributed by atoms with Gasteiger partial charge < -0.3 is 10.6 Å². The van der Waals surface area contributed by atoms with E-state index in [-0.39, 0.29) is 0 Å². The average Bonchev–Trinajstić information content (AvgIpc) is 2.87. The lowest BCUT2D eigenvalue weighted by Crippen LogP contribution is -2.28. The van der Waals surface area contributed by atoms with Gasteiger partial charge in [0.05, 0.1) is 22.9 Å². The van der Waals surface area contributed by atoms with Gasteiger partial charge >= 0.3 is 0 Å². The Morgan fingerprint density at radius 2 is 2.16 bits per heavy atom. The molecule has 0 aliphatic carbocycles. The number of hydrogen-bond donors (Lipinski definition) is 2. The van der Waals surface area contributed by atoms with Crippen molar-refractivity contribution in [1.29, 1.82) is 0 Å². The van der Waals surface area contributed by atoms with Crippen molar-refractivity contribution < 1.29 is 0 Å². The number of aromatic nitrogens is 2. The van der Waals surface area contributed by atoms with Crippen molar-refractivity contribution in [1.82, 2.24) is 15.1 Å². The number of aryl methyl sites for hydroxylation is 1. The Bertz CT molecular complexity index is 567. The highest BCUT2D eigenvalue weighted by atomic mass is 35.5. The molecule has 2 aromatic rings. The van der Waals surface area contributed by atoms with Crippen molar-refractivity contribution in [2.24, 2.45) is 0 Å². The van der Waals surface area contributed by atoms with Gasteiger partial charge in [-0.25, -0.2) is 0 Å². The molecule has 1 heterocycles. The summed E-state index contributed by atoms with van der Waals surface area (Å²) in [7, 11) is 0. The molecule has 2 rings (SSSR count). The first kappa shape index (κ1) is 13.8. The standard InChI is InChI=1S/C13H15ClN4S/c1-2-18-8-7-10(17-18)9-15-13(19)16-12-6-4-3-5-11(12)14/h3-8H,2,9H2,1H3,(H2,15,16,19). The third kappa shape index (κ3) is 3.94. The predicted octanol–water partition coefficient (Wildman–Crippen LogP) is 3.04. The Morgan fingerprint density at radius 3 is 2.84 bits per heavy atom. The van der Waals surface area contributed by atoms with Gasteiger partial charge in [-0.2, -0.15) is 5.10 Å². The Labute approximate surface area is 122 Å². The zero-order valence-electron chi connectivity index (χ0n) is 10.6. The van der Waals surface area contributed by atoms with Crippen molar-refractivity contribution in [3.05, 3.63) is 47.2 Å². The van der Waals surface area contributed by atoms with Crippen molar-refractivity contribution in [3.8, 4) is 0 Å². The van der Waals surface area contributed by atoms with E-state index in [0.29, 0.717) is 16.7 Å². The van der Waals surface area contributed by atoms with Gasteiger partial charge in [0.1, 0.15) is 0 Å². The Balaban J connectivity index is 1.86. The first-order valence-corrected chi connectivity index (χ1v) is 6.79. The van der Waals surface area contributed by atoms with Gasteiger partial charge in [-0.1, -0.05) is 23.7 Å². The maximum absolute atomic E-state index is 6.04. The van der Waals surface area contributed by atoms with Crippen LogP contribution in [0.1, 0.15) is 12.6 Å². The molecule has 0 saturated carbocycles.